The zero-order chi connectivity index (χ0) is 24.9. The minimum Gasteiger partial charge on any atom is -0.462 e. The molecule has 0 heterocycles. The maximum absolute atomic E-state index is 12.8. The monoisotopic (exact) mass is 470 g/mol. The van der Waals surface area contributed by atoms with Crippen LogP contribution in [0.25, 0.3) is 0 Å². The Bertz CT molecular complexity index is 876. The van der Waals surface area contributed by atoms with Crippen molar-refractivity contribution in [3.05, 3.63) is 0 Å². The molecule has 5 rings (SSSR count). The first kappa shape index (κ1) is 24.8. The molecule has 5 aliphatic carbocycles. The zero-order valence-corrected chi connectivity index (χ0v) is 23.3. The summed E-state index contributed by atoms with van der Waals surface area (Å²) in [4.78, 5) is 24.6. The normalized spacial score (nSPS) is 53.6. The first-order valence-electron chi connectivity index (χ1n) is 14.4. The standard InChI is InChI=1S/C31H50O3/c1-19(32)21-11-14-28(5)17-18-30(7)22(26(21)28)9-10-24-29(6)15-13-25(34-20(2)33)27(3,4)23(29)12-16-31(24,30)8/h21-26H,9-18H2,1-8H3/t21-,22+,23-,24+,25-,26+,28+,29-,30+,31+/m0/s1. The Kier molecular flexibility index (Phi) is 5.53. The van der Waals surface area contributed by atoms with Crippen LogP contribution < -0.4 is 0 Å². The molecule has 0 aliphatic heterocycles. The van der Waals surface area contributed by atoms with Gasteiger partial charge in [0.05, 0.1) is 0 Å². The SMILES string of the molecule is CC(=O)O[C@H]1CC[C@]2(C)[C@H]3CC[C@@H]4[C@H]5[C@H](C(C)=O)CC[C@]5(C)CC[C@@]4(C)[C@]3(C)CC[C@H]2C1(C)C. The second-order valence-corrected chi connectivity index (χ2v) is 15.1. The fraction of sp³-hybridized carbons (Fsp3) is 0.935. The number of hydrogen-bond acceptors (Lipinski definition) is 3. The molecule has 34 heavy (non-hydrogen) atoms. The van der Waals surface area contributed by atoms with Crippen LogP contribution in [0, 0.1) is 56.7 Å². The zero-order valence-electron chi connectivity index (χ0n) is 23.3. The van der Waals surface area contributed by atoms with Crippen molar-refractivity contribution in [3.63, 3.8) is 0 Å². The third kappa shape index (κ3) is 3.06. The summed E-state index contributed by atoms with van der Waals surface area (Å²) in [5, 5.41) is 0. The van der Waals surface area contributed by atoms with Gasteiger partial charge in [0.2, 0.25) is 0 Å². The van der Waals surface area contributed by atoms with Gasteiger partial charge in [0.15, 0.2) is 0 Å². The number of Topliss-reactive ketones (excluding diaryl/α,β-unsaturated/α-hetero) is 1. The molecular formula is C31H50O3. The van der Waals surface area contributed by atoms with Gasteiger partial charge in [-0.25, -0.2) is 0 Å². The highest BCUT2D eigenvalue weighted by Gasteiger charge is 2.70. The summed E-state index contributed by atoms with van der Waals surface area (Å²) in [7, 11) is 0. The van der Waals surface area contributed by atoms with E-state index in [4.69, 9.17) is 4.74 Å². The lowest BCUT2D eigenvalue weighted by Gasteiger charge is -2.72. The Morgan fingerprint density at radius 3 is 2.06 bits per heavy atom. The average molecular weight is 471 g/mol. The second-order valence-electron chi connectivity index (χ2n) is 15.1. The van der Waals surface area contributed by atoms with Crippen LogP contribution in [0.2, 0.25) is 0 Å². The maximum atomic E-state index is 12.8. The van der Waals surface area contributed by atoms with E-state index in [-0.39, 0.29) is 17.5 Å². The van der Waals surface area contributed by atoms with E-state index in [1.807, 2.05) is 6.92 Å². The summed E-state index contributed by atoms with van der Waals surface area (Å²) >= 11 is 0. The largest absolute Gasteiger partial charge is 0.462 e. The Balaban J connectivity index is 1.50. The van der Waals surface area contributed by atoms with Crippen LogP contribution in [-0.2, 0) is 14.3 Å². The maximum Gasteiger partial charge on any atom is 0.302 e. The van der Waals surface area contributed by atoms with Crippen LogP contribution in [0.3, 0.4) is 0 Å². The number of carbonyl (C=O) groups is 2. The molecule has 192 valence electrons. The number of ketones is 1. The van der Waals surface area contributed by atoms with Gasteiger partial charge in [0, 0.05) is 18.3 Å². The molecule has 3 nitrogen and oxygen atoms in total. The van der Waals surface area contributed by atoms with Crippen molar-refractivity contribution in [1.29, 1.82) is 0 Å². The molecule has 0 saturated heterocycles. The lowest BCUT2D eigenvalue weighted by atomic mass is 9.32. The molecule has 3 heteroatoms. The van der Waals surface area contributed by atoms with Gasteiger partial charge in [-0.3, -0.25) is 9.59 Å². The smallest absolute Gasteiger partial charge is 0.302 e. The van der Waals surface area contributed by atoms with Gasteiger partial charge in [0.1, 0.15) is 11.9 Å². The minimum absolute atomic E-state index is 0.0219. The summed E-state index contributed by atoms with van der Waals surface area (Å²) in [5.41, 5.74) is 1.35. The lowest BCUT2D eigenvalue weighted by Crippen LogP contribution is -2.66. The molecule has 0 aromatic carbocycles. The molecule has 10 atom stereocenters. The van der Waals surface area contributed by atoms with E-state index < -0.39 is 0 Å². The van der Waals surface area contributed by atoms with E-state index in [2.05, 4.69) is 41.5 Å². The highest BCUT2D eigenvalue weighted by atomic mass is 16.5. The van der Waals surface area contributed by atoms with E-state index >= 15 is 0 Å². The molecule has 5 fully saturated rings. The molecule has 0 aromatic heterocycles. The minimum atomic E-state index is -0.128. The second kappa shape index (κ2) is 7.58. The summed E-state index contributed by atoms with van der Waals surface area (Å²) in [5.74, 6) is 3.21. The first-order valence-corrected chi connectivity index (χ1v) is 14.4. The Labute approximate surface area is 208 Å². The van der Waals surface area contributed by atoms with Gasteiger partial charge in [-0.1, -0.05) is 41.5 Å². The number of rotatable bonds is 2. The number of hydrogen-bond donors (Lipinski definition) is 0. The Hall–Kier alpha value is -0.860. The first-order chi connectivity index (χ1) is 15.7. The predicted molar refractivity (Wildman–Crippen MR) is 136 cm³/mol. The van der Waals surface area contributed by atoms with E-state index in [1.165, 1.54) is 51.4 Å². The molecule has 0 N–H and O–H groups in total. The van der Waals surface area contributed by atoms with Crippen LogP contribution >= 0.6 is 0 Å². The van der Waals surface area contributed by atoms with Gasteiger partial charge >= 0.3 is 5.97 Å². The van der Waals surface area contributed by atoms with Crippen molar-refractivity contribution in [2.75, 3.05) is 0 Å². The molecule has 0 spiro atoms. The predicted octanol–water partition coefficient (Wildman–Crippen LogP) is 7.61. The van der Waals surface area contributed by atoms with Crippen LogP contribution in [0.15, 0.2) is 0 Å². The topological polar surface area (TPSA) is 43.4 Å². The molecule has 5 saturated carbocycles. The summed E-state index contributed by atoms with van der Waals surface area (Å²) < 4.78 is 5.89. The lowest BCUT2D eigenvalue weighted by molar-refractivity contribution is -0.249. The fourth-order valence-corrected chi connectivity index (χ4v) is 11.8. The number of fused-ring (bicyclic) bond motifs is 7. The van der Waals surface area contributed by atoms with E-state index in [0.717, 1.165) is 18.8 Å². The van der Waals surface area contributed by atoms with Gasteiger partial charge < -0.3 is 4.74 Å². The molecule has 0 aromatic rings. The van der Waals surface area contributed by atoms with Crippen LogP contribution in [0.5, 0.6) is 0 Å². The van der Waals surface area contributed by atoms with Crippen molar-refractivity contribution in [2.45, 2.75) is 126 Å². The quantitative estimate of drug-likeness (QED) is 0.390. The van der Waals surface area contributed by atoms with E-state index in [1.54, 1.807) is 6.92 Å². The van der Waals surface area contributed by atoms with Gasteiger partial charge in [-0.2, -0.15) is 0 Å². The van der Waals surface area contributed by atoms with Crippen molar-refractivity contribution in [1.82, 2.24) is 0 Å². The average Bonchev–Trinajstić information content (AvgIpc) is 3.08. The van der Waals surface area contributed by atoms with Crippen LogP contribution in [-0.4, -0.2) is 17.9 Å². The summed E-state index contributed by atoms with van der Waals surface area (Å²) in [6, 6.07) is 0. The van der Waals surface area contributed by atoms with Crippen molar-refractivity contribution in [3.8, 4) is 0 Å². The summed E-state index contributed by atoms with van der Waals surface area (Å²) in [6.07, 6.45) is 12.4. The molecule has 0 unspecified atom stereocenters. The van der Waals surface area contributed by atoms with E-state index in [9.17, 15) is 9.59 Å². The molecule has 0 radical (unpaired) electrons. The number of esters is 1. The van der Waals surface area contributed by atoms with Crippen molar-refractivity contribution < 1.29 is 14.3 Å². The number of carbonyl (C=O) groups excluding carboxylic acids is 2. The van der Waals surface area contributed by atoms with Crippen LogP contribution in [0.4, 0.5) is 0 Å². The number of ether oxygens (including phenoxy) is 1. The Morgan fingerprint density at radius 2 is 1.41 bits per heavy atom. The molecular weight excluding hydrogens is 420 g/mol. The Morgan fingerprint density at radius 1 is 0.706 bits per heavy atom. The molecule has 0 bridgehead atoms. The highest BCUT2D eigenvalue weighted by Crippen LogP contribution is 2.77. The molecule has 0 amide bonds. The summed E-state index contributed by atoms with van der Waals surface area (Å²) in [6.45, 7) is 18.6. The van der Waals surface area contributed by atoms with Crippen LogP contribution in [0.1, 0.15) is 120 Å². The van der Waals surface area contributed by atoms with Crippen molar-refractivity contribution >= 4 is 11.8 Å². The molecule has 5 aliphatic rings. The third-order valence-electron chi connectivity index (χ3n) is 13.6. The van der Waals surface area contributed by atoms with Gasteiger partial charge in [0.25, 0.3) is 0 Å². The third-order valence-corrected chi connectivity index (χ3v) is 13.6. The van der Waals surface area contributed by atoms with Gasteiger partial charge in [-0.05, 0) is 116 Å². The van der Waals surface area contributed by atoms with E-state index in [0.29, 0.717) is 51.1 Å². The fourth-order valence-electron chi connectivity index (χ4n) is 11.8. The highest BCUT2D eigenvalue weighted by molar-refractivity contribution is 5.79. The van der Waals surface area contributed by atoms with Crippen molar-refractivity contribution in [2.24, 2.45) is 56.7 Å². The van der Waals surface area contributed by atoms with Gasteiger partial charge in [-0.15, -0.1) is 0 Å².